The quantitative estimate of drug-likeness (QED) is 0.642. The van der Waals surface area contributed by atoms with E-state index in [2.05, 4.69) is 6.58 Å². The van der Waals surface area contributed by atoms with Crippen molar-refractivity contribution in [2.24, 2.45) is 0 Å². The Hall–Kier alpha value is -3.12. The third-order valence-electron chi connectivity index (χ3n) is 3.39. The van der Waals surface area contributed by atoms with Crippen LogP contribution in [0.15, 0.2) is 67.2 Å². The highest BCUT2D eigenvalue weighted by Crippen LogP contribution is 2.27. The molecule has 0 amide bonds. The second-order valence-corrected chi connectivity index (χ2v) is 4.81. The number of nitriles is 1. The molecule has 0 saturated heterocycles. The Balaban J connectivity index is 1.94. The van der Waals surface area contributed by atoms with Crippen molar-refractivity contribution in [1.82, 2.24) is 0 Å². The van der Waals surface area contributed by atoms with Gasteiger partial charge in [-0.25, -0.2) is 4.39 Å². The normalized spacial score (nSPS) is 10.2. The van der Waals surface area contributed by atoms with Gasteiger partial charge in [-0.05, 0) is 29.0 Å². The van der Waals surface area contributed by atoms with Gasteiger partial charge in [-0.3, -0.25) is 0 Å². The maximum absolute atomic E-state index is 13.6. The van der Waals surface area contributed by atoms with E-state index in [-0.39, 0.29) is 11.3 Å². The summed E-state index contributed by atoms with van der Waals surface area (Å²) < 4.78 is 19.2. The van der Waals surface area contributed by atoms with Crippen LogP contribution in [0.25, 0.3) is 16.5 Å². The summed E-state index contributed by atoms with van der Waals surface area (Å²) in [5.74, 6) is -0.0696. The second-order valence-electron chi connectivity index (χ2n) is 4.81. The molecule has 3 rings (SSSR count). The number of fused-ring (bicyclic) bond motifs is 1. The predicted octanol–water partition coefficient (Wildman–Crippen LogP) is 4.90. The van der Waals surface area contributed by atoms with E-state index in [1.807, 2.05) is 48.5 Å². The van der Waals surface area contributed by atoms with Crippen LogP contribution in [0.2, 0.25) is 0 Å². The molecule has 0 saturated carbocycles. The molecule has 0 aliphatic heterocycles. The number of rotatable bonds is 3. The van der Waals surface area contributed by atoms with Gasteiger partial charge < -0.3 is 4.74 Å². The summed E-state index contributed by atoms with van der Waals surface area (Å²) in [5, 5.41) is 11.2. The van der Waals surface area contributed by atoms with Gasteiger partial charge in [0, 0.05) is 5.56 Å². The molecule has 22 heavy (non-hydrogen) atoms. The highest BCUT2D eigenvalue weighted by atomic mass is 19.1. The fourth-order valence-electron chi connectivity index (χ4n) is 2.25. The van der Waals surface area contributed by atoms with Crippen LogP contribution < -0.4 is 4.74 Å². The van der Waals surface area contributed by atoms with Gasteiger partial charge in [0.05, 0.1) is 0 Å². The van der Waals surface area contributed by atoms with E-state index >= 15 is 0 Å². The van der Waals surface area contributed by atoms with Crippen molar-refractivity contribution >= 4 is 16.5 Å². The molecule has 3 aromatic rings. The van der Waals surface area contributed by atoms with Gasteiger partial charge >= 0.3 is 0 Å². The molecule has 0 N–H and O–H groups in total. The van der Waals surface area contributed by atoms with E-state index in [0.717, 1.165) is 16.3 Å². The van der Waals surface area contributed by atoms with Crippen molar-refractivity contribution in [3.63, 3.8) is 0 Å². The molecule has 0 heterocycles. The van der Waals surface area contributed by atoms with Crippen LogP contribution in [0, 0.1) is 17.1 Å². The lowest BCUT2D eigenvalue weighted by Crippen LogP contribution is -1.97. The minimum absolute atomic E-state index is 0.121. The summed E-state index contributed by atoms with van der Waals surface area (Å²) in [5.41, 5.74) is 0.663. The topological polar surface area (TPSA) is 33.0 Å². The summed E-state index contributed by atoms with van der Waals surface area (Å²) in [7, 11) is 0. The van der Waals surface area contributed by atoms with Crippen LogP contribution in [0.4, 0.5) is 4.39 Å². The highest BCUT2D eigenvalue weighted by Gasteiger charge is 2.11. The second kappa shape index (κ2) is 5.71. The van der Waals surface area contributed by atoms with Crippen LogP contribution in [0.3, 0.4) is 0 Å². The van der Waals surface area contributed by atoms with E-state index in [0.29, 0.717) is 5.76 Å². The van der Waals surface area contributed by atoms with Crippen LogP contribution in [-0.2, 0) is 0 Å². The molecule has 0 radical (unpaired) electrons. The summed E-state index contributed by atoms with van der Waals surface area (Å²) in [6.45, 7) is 3.88. The molecule has 0 aliphatic rings. The van der Waals surface area contributed by atoms with Crippen molar-refractivity contribution < 1.29 is 9.13 Å². The van der Waals surface area contributed by atoms with E-state index in [1.165, 1.54) is 12.1 Å². The first-order valence-electron chi connectivity index (χ1n) is 6.73. The Kier molecular flexibility index (Phi) is 3.59. The number of ether oxygens (including phenoxy) is 1. The predicted molar refractivity (Wildman–Crippen MR) is 84.7 cm³/mol. The Bertz CT molecular complexity index is 909. The number of nitrogens with zero attached hydrogens (tertiary/aromatic N) is 1. The Morgan fingerprint density at radius 2 is 1.77 bits per heavy atom. The lowest BCUT2D eigenvalue weighted by Gasteiger charge is -2.11. The lowest BCUT2D eigenvalue weighted by molar-refractivity contribution is 0.506. The molecule has 106 valence electrons. The average molecular weight is 289 g/mol. The zero-order chi connectivity index (χ0) is 15.5. The van der Waals surface area contributed by atoms with Crippen molar-refractivity contribution in [1.29, 1.82) is 5.26 Å². The van der Waals surface area contributed by atoms with E-state index in [4.69, 9.17) is 10.00 Å². The molecule has 3 heteroatoms. The first-order chi connectivity index (χ1) is 10.7. The molecule has 0 fully saturated rings. The Morgan fingerprint density at radius 1 is 1.00 bits per heavy atom. The first-order valence-corrected chi connectivity index (χ1v) is 6.73. The van der Waals surface area contributed by atoms with E-state index in [9.17, 15) is 4.39 Å². The zero-order valence-corrected chi connectivity index (χ0v) is 11.7. The lowest BCUT2D eigenvalue weighted by atomic mass is 10.1. The van der Waals surface area contributed by atoms with Crippen molar-refractivity contribution in [2.45, 2.75) is 0 Å². The highest BCUT2D eigenvalue weighted by molar-refractivity contribution is 5.85. The third kappa shape index (κ3) is 2.55. The smallest absolute Gasteiger partial charge is 0.148 e. The summed E-state index contributed by atoms with van der Waals surface area (Å²) in [6.07, 6.45) is 0. The third-order valence-corrected chi connectivity index (χ3v) is 3.39. The molecular weight excluding hydrogens is 277 g/mol. The van der Waals surface area contributed by atoms with Crippen LogP contribution in [0.1, 0.15) is 11.1 Å². The monoisotopic (exact) mass is 289 g/mol. The number of halogens is 1. The van der Waals surface area contributed by atoms with Crippen molar-refractivity contribution in [3.8, 4) is 11.8 Å². The van der Waals surface area contributed by atoms with E-state index < -0.39 is 5.82 Å². The van der Waals surface area contributed by atoms with Gasteiger partial charge in [-0.15, -0.1) is 0 Å². The van der Waals surface area contributed by atoms with Gasteiger partial charge in [-0.2, -0.15) is 5.26 Å². The van der Waals surface area contributed by atoms with Gasteiger partial charge in [0.15, 0.2) is 0 Å². The molecule has 0 unspecified atom stereocenters. The fourth-order valence-corrected chi connectivity index (χ4v) is 2.25. The number of hydrogen-bond donors (Lipinski definition) is 0. The van der Waals surface area contributed by atoms with Crippen LogP contribution >= 0.6 is 0 Å². The molecule has 0 bridgehead atoms. The summed E-state index contributed by atoms with van der Waals surface area (Å²) in [6, 6.07) is 19.8. The van der Waals surface area contributed by atoms with Gasteiger partial charge in [-0.1, -0.05) is 49.0 Å². The fraction of sp³-hybridized carbons (Fsp3) is 0. The van der Waals surface area contributed by atoms with Gasteiger partial charge in [0.1, 0.15) is 29.0 Å². The molecule has 0 atom stereocenters. The standard InChI is InChI=1S/C19H12FNO/c1-13(22-19-8-4-7-18(20)17(19)12-21)15-10-9-14-5-2-3-6-16(14)11-15/h2-11H,1H2. The average Bonchev–Trinajstić information content (AvgIpc) is 2.54. The maximum atomic E-state index is 13.6. The first kappa shape index (κ1) is 13.8. The van der Waals surface area contributed by atoms with Crippen molar-refractivity contribution in [3.05, 3.63) is 84.2 Å². The Labute approximate surface area is 127 Å². The van der Waals surface area contributed by atoms with Crippen LogP contribution in [0.5, 0.6) is 5.75 Å². The molecule has 3 aromatic carbocycles. The number of hydrogen-bond acceptors (Lipinski definition) is 2. The SMILES string of the molecule is C=C(Oc1cccc(F)c1C#N)c1ccc2ccccc2c1. The van der Waals surface area contributed by atoms with Crippen molar-refractivity contribution in [2.75, 3.05) is 0 Å². The summed E-state index contributed by atoms with van der Waals surface area (Å²) in [4.78, 5) is 0. The molecule has 2 nitrogen and oxygen atoms in total. The minimum Gasteiger partial charge on any atom is -0.456 e. The maximum Gasteiger partial charge on any atom is 0.148 e. The largest absolute Gasteiger partial charge is 0.456 e. The molecule has 0 aliphatic carbocycles. The van der Waals surface area contributed by atoms with Crippen LogP contribution in [-0.4, -0.2) is 0 Å². The molecular formula is C19H12FNO. The molecule has 0 aromatic heterocycles. The van der Waals surface area contributed by atoms with Gasteiger partial charge in [0.2, 0.25) is 0 Å². The van der Waals surface area contributed by atoms with E-state index in [1.54, 1.807) is 6.07 Å². The minimum atomic E-state index is -0.605. The zero-order valence-electron chi connectivity index (χ0n) is 11.7. The number of benzene rings is 3. The summed E-state index contributed by atoms with van der Waals surface area (Å²) >= 11 is 0. The Morgan fingerprint density at radius 3 is 2.55 bits per heavy atom. The molecule has 0 spiro atoms. The van der Waals surface area contributed by atoms with Gasteiger partial charge in [0.25, 0.3) is 0 Å².